The molecule has 0 spiro atoms. The Morgan fingerprint density at radius 1 is 1.02 bits per heavy atom. The van der Waals surface area contributed by atoms with Crippen molar-refractivity contribution in [2.24, 2.45) is 4.99 Å². The highest BCUT2D eigenvalue weighted by Crippen LogP contribution is 2.29. The summed E-state index contributed by atoms with van der Waals surface area (Å²) in [6, 6.07) is 12.3. The van der Waals surface area contributed by atoms with Gasteiger partial charge in [0.1, 0.15) is 11.4 Å². The highest BCUT2D eigenvalue weighted by atomic mass is 16.5. The number of fused-ring (bicyclic) bond motifs is 2. The van der Waals surface area contributed by atoms with Gasteiger partial charge in [0.25, 0.3) is 5.91 Å². The lowest BCUT2D eigenvalue weighted by Gasteiger charge is -2.39. The van der Waals surface area contributed by atoms with Crippen LogP contribution in [0.4, 0.5) is 10.5 Å². The largest absolute Gasteiger partial charge is 0.497 e. The van der Waals surface area contributed by atoms with Crippen LogP contribution in [0.3, 0.4) is 0 Å². The van der Waals surface area contributed by atoms with Gasteiger partial charge in [-0.3, -0.25) is 9.79 Å². The smallest absolute Gasteiger partial charge is 0.322 e. The van der Waals surface area contributed by atoms with Gasteiger partial charge in [0.05, 0.1) is 7.11 Å². The molecule has 8 heteroatoms. The van der Waals surface area contributed by atoms with Crippen molar-refractivity contribution < 1.29 is 14.3 Å². The van der Waals surface area contributed by atoms with E-state index >= 15 is 0 Å². The molecule has 0 aliphatic carbocycles. The van der Waals surface area contributed by atoms with E-state index in [2.05, 4.69) is 46.1 Å². The van der Waals surface area contributed by atoms with Crippen LogP contribution in [0.25, 0.3) is 6.08 Å². The van der Waals surface area contributed by atoms with Crippen LogP contribution >= 0.6 is 0 Å². The fourth-order valence-electron chi connectivity index (χ4n) is 6.42. The number of aliphatic imine (C=N–C) groups is 1. The number of allylic oxidation sites excluding steroid dienone is 2. The van der Waals surface area contributed by atoms with Crippen LogP contribution in [0.1, 0.15) is 47.9 Å². The topological polar surface area (TPSA) is 77.5 Å². The van der Waals surface area contributed by atoms with Crippen molar-refractivity contribution in [2.75, 3.05) is 38.6 Å². The molecule has 6 rings (SSSR count). The molecule has 0 atom stereocenters. The lowest BCUT2D eigenvalue weighted by atomic mass is 9.97. The highest BCUT2D eigenvalue weighted by molar-refractivity contribution is 5.95. The van der Waals surface area contributed by atoms with Gasteiger partial charge in [-0.05, 0) is 91.1 Å². The van der Waals surface area contributed by atoms with Gasteiger partial charge in [-0.25, -0.2) is 4.79 Å². The summed E-state index contributed by atoms with van der Waals surface area (Å²) in [5.74, 6) is 0.778. The number of nitrogens with zero attached hydrogens (tertiary/aromatic N) is 4. The maximum absolute atomic E-state index is 13.7. The van der Waals surface area contributed by atoms with Gasteiger partial charge in [-0.1, -0.05) is 30.9 Å². The van der Waals surface area contributed by atoms with Crippen molar-refractivity contribution in [3.63, 3.8) is 0 Å². The van der Waals surface area contributed by atoms with E-state index in [0.29, 0.717) is 25.3 Å². The maximum Gasteiger partial charge on any atom is 0.322 e. The van der Waals surface area contributed by atoms with Gasteiger partial charge in [0, 0.05) is 56.4 Å². The van der Waals surface area contributed by atoms with E-state index in [0.717, 1.165) is 79.9 Å². The minimum atomic E-state index is -0.0343. The first-order chi connectivity index (χ1) is 20.5. The van der Waals surface area contributed by atoms with Gasteiger partial charge < -0.3 is 24.8 Å². The molecule has 0 radical (unpaired) electrons. The summed E-state index contributed by atoms with van der Waals surface area (Å²) in [5.41, 5.74) is 7.06. The standard InChI is InChI=1S/C34H39N5O3/c1-3-24-7-8-25-11-16-38(23-27(25)20-24)33(40)32-22-29(6-4-5-15-35-32)37-17-13-28(14-18-37)39-19-12-26-21-30(42-2)9-10-31(26)36-34(39)41/h3,6-10,15,20-22,28H,1,4-5,11-14,16-19,23H2,2H3,(H,36,41)/b29-6+,32-22-,35-15?. The number of hydrogen-bond donors (Lipinski definition) is 1. The van der Waals surface area contributed by atoms with Crippen molar-refractivity contribution in [2.45, 2.75) is 51.1 Å². The molecule has 0 unspecified atom stereocenters. The molecule has 42 heavy (non-hydrogen) atoms. The molecule has 1 fully saturated rings. The van der Waals surface area contributed by atoms with Gasteiger partial charge in [0.15, 0.2) is 0 Å². The Morgan fingerprint density at radius 2 is 1.86 bits per heavy atom. The molecule has 1 N–H and O–H groups in total. The Labute approximate surface area is 248 Å². The van der Waals surface area contributed by atoms with Crippen LogP contribution in [-0.2, 0) is 24.2 Å². The lowest BCUT2D eigenvalue weighted by Crippen LogP contribution is -2.48. The van der Waals surface area contributed by atoms with Crippen molar-refractivity contribution in [3.05, 3.63) is 88.8 Å². The third-order valence-corrected chi connectivity index (χ3v) is 8.86. The third-order valence-electron chi connectivity index (χ3n) is 8.86. The molecule has 4 aliphatic heterocycles. The van der Waals surface area contributed by atoms with Crippen molar-refractivity contribution in [1.29, 1.82) is 0 Å². The number of ether oxygens (including phenoxy) is 1. The number of anilines is 1. The molecule has 4 aliphatic rings. The second-order valence-corrected chi connectivity index (χ2v) is 11.4. The van der Waals surface area contributed by atoms with E-state index < -0.39 is 0 Å². The Hall–Kier alpha value is -4.33. The van der Waals surface area contributed by atoms with Crippen molar-refractivity contribution in [3.8, 4) is 5.75 Å². The van der Waals surface area contributed by atoms with Gasteiger partial charge in [-0.15, -0.1) is 0 Å². The second-order valence-electron chi connectivity index (χ2n) is 11.4. The number of likely N-dealkylation sites (tertiary alicyclic amines) is 1. The molecule has 3 amide bonds. The number of nitrogens with one attached hydrogen (secondary N) is 1. The van der Waals surface area contributed by atoms with E-state index in [1.54, 1.807) is 7.11 Å². The monoisotopic (exact) mass is 565 g/mol. The Morgan fingerprint density at radius 3 is 2.67 bits per heavy atom. The summed E-state index contributed by atoms with van der Waals surface area (Å²) in [4.78, 5) is 37.7. The van der Waals surface area contributed by atoms with Crippen molar-refractivity contribution in [1.82, 2.24) is 14.7 Å². The second kappa shape index (κ2) is 12.3. The molecule has 0 bridgehead atoms. The summed E-state index contributed by atoms with van der Waals surface area (Å²) < 4.78 is 5.38. The number of amides is 3. The van der Waals surface area contributed by atoms with Crippen LogP contribution in [0.15, 0.2) is 71.5 Å². The molecule has 2 aromatic rings. The number of piperidine rings is 1. The zero-order chi connectivity index (χ0) is 29.1. The van der Waals surface area contributed by atoms with Gasteiger partial charge >= 0.3 is 6.03 Å². The third kappa shape index (κ3) is 5.84. The average molecular weight is 566 g/mol. The summed E-state index contributed by atoms with van der Waals surface area (Å²) in [7, 11) is 1.66. The molecular formula is C34H39N5O3. The lowest BCUT2D eigenvalue weighted by molar-refractivity contribution is -0.128. The van der Waals surface area contributed by atoms with Crippen LogP contribution in [0.5, 0.6) is 5.75 Å². The van der Waals surface area contributed by atoms with Crippen LogP contribution in [-0.4, -0.2) is 72.2 Å². The number of hydrogen-bond acceptors (Lipinski definition) is 5. The zero-order valence-electron chi connectivity index (χ0n) is 24.3. The first kappa shape index (κ1) is 27.8. The van der Waals surface area contributed by atoms with E-state index in [-0.39, 0.29) is 18.0 Å². The SMILES string of the molecule is C=Cc1ccc2c(c1)CN(C(=O)/C1=C/C(N3CCC(N4CCc5cc(OC)ccc5NC4=O)CC3)=C\CCC=N1)CC2. The Bertz CT molecular complexity index is 1470. The molecule has 218 valence electrons. The summed E-state index contributed by atoms with van der Waals surface area (Å²) >= 11 is 0. The number of carbonyl (C=O) groups excluding carboxylic acids is 2. The quantitative estimate of drug-likeness (QED) is 0.526. The normalized spacial score (nSPS) is 21.8. The minimum Gasteiger partial charge on any atom is -0.497 e. The number of carbonyl (C=O) groups is 2. The van der Waals surface area contributed by atoms with E-state index in [4.69, 9.17) is 4.74 Å². The molecular weight excluding hydrogens is 526 g/mol. The summed E-state index contributed by atoms with van der Waals surface area (Å²) in [6.07, 6.45) is 13.0. The first-order valence-corrected chi connectivity index (χ1v) is 15.0. The molecule has 0 saturated carbocycles. The van der Waals surface area contributed by atoms with Gasteiger partial charge in [-0.2, -0.15) is 0 Å². The number of benzene rings is 2. The summed E-state index contributed by atoms with van der Waals surface area (Å²) in [5, 5.41) is 3.11. The van der Waals surface area contributed by atoms with Gasteiger partial charge in [0.2, 0.25) is 0 Å². The fourth-order valence-corrected chi connectivity index (χ4v) is 6.42. The minimum absolute atomic E-state index is 0.0268. The molecule has 0 aromatic heterocycles. The van der Waals surface area contributed by atoms with Crippen LogP contribution in [0, 0.1) is 0 Å². The van der Waals surface area contributed by atoms with E-state index in [9.17, 15) is 9.59 Å². The fraction of sp³-hybridized carbons (Fsp3) is 0.382. The van der Waals surface area contributed by atoms with E-state index in [1.807, 2.05) is 46.4 Å². The predicted octanol–water partition coefficient (Wildman–Crippen LogP) is 5.41. The molecule has 2 aromatic carbocycles. The van der Waals surface area contributed by atoms with E-state index in [1.165, 1.54) is 11.1 Å². The predicted molar refractivity (Wildman–Crippen MR) is 167 cm³/mol. The zero-order valence-corrected chi connectivity index (χ0v) is 24.3. The number of urea groups is 1. The average Bonchev–Trinajstić information content (AvgIpc) is 3.17. The highest BCUT2D eigenvalue weighted by Gasteiger charge is 2.31. The maximum atomic E-state index is 13.7. The molecule has 8 nitrogen and oxygen atoms in total. The summed E-state index contributed by atoms with van der Waals surface area (Å²) in [6.45, 7) is 7.48. The molecule has 1 saturated heterocycles. The number of rotatable bonds is 5. The van der Waals surface area contributed by atoms with Crippen molar-refractivity contribution >= 4 is 29.9 Å². The van der Waals surface area contributed by atoms with Crippen LogP contribution in [0.2, 0.25) is 0 Å². The molecule has 4 heterocycles. The Kier molecular flexibility index (Phi) is 8.13. The van der Waals surface area contributed by atoms with Crippen LogP contribution < -0.4 is 10.1 Å². The number of methoxy groups -OCH3 is 1. The first-order valence-electron chi connectivity index (χ1n) is 15.0. The Balaban J connectivity index is 1.11.